The molecule has 0 bridgehead atoms. The fourth-order valence-corrected chi connectivity index (χ4v) is 1.38. The number of nitrogens with one attached hydrogen (secondary N) is 1. The fraction of sp³-hybridized carbons (Fsp3) is 0.818. The molecule has 0 atom stereocenters. The number of rotatable bonds is 10. The van der Waals surface area contributed by atoms with E-state index < -0.39 is 0 Å². The largest absolute Gasteiger partial charge is 0.469 e. The molecular weight excluding hydrogens is 240 g/mol. The van der Waals surface area contributed by atoms with Crippen molar-refractivity contribution in [1.82, 2.24) is 10.4 Å². The van der Waals surface area contributed by atoms with E-state index in [9.17, 15) is 9.59 Å². The molecule has 0 rings (SSSR count). The maximum atomic E-state index is 11.2. The summed E-state index contributed by atoms with van der Waals surface area (Å²) in [6.07, 6.45) is 0.519. The Morgan fingerprint density at radius 2 is 1.78 bits per heavy atom. The third-order valence-corrected chi connectivity index (χ3v) is 2.34. The van der Waals surface area contributed by atoms with Gasteiger partial charge in [-0.25, -0.2) is 5.48 Å². The van der Waals surface area contributed by atoms with Crippen molar-refractivity contribution in [3.8, 4) is 0 Å². The predicted molar refractivity (Wildman–Crippen MR) is 64.1 cm³/mol. The van der Waals surface area contributed by atoms with Crippen LogP contribution in [0.3, 0.4) is 0 Å². The van der Waals surface area contributed by atoms with Crippen molar-refractivity contribution < 1.29 is 24.3 Å². The molecule has 0 fully saturated rings. The molecule has 0 saturated carbocycles. The first-order valence-electron chi connectivity index (χ1n) is 5.95. The van der Waals surface area contributed by atoms with E-state index in [1.165, 1.54) is 7.11 Å². The lowest BCUT2D eigenvalue weighted by atomic mass is 10.3. The number of ether oxygens (including phenoxy) is 2. The molecule has 0 unspecified atom stereocenters. The van der Waals surface area contributed by atoms with Gasteiger partial charge in [-0.15, -0.1) is 0 Å². The number of methoxy groups -OCH3 is 1. The van der Waals surface area contributed by atoms with E-state index in [2.05, 4.69) is 4.74 Å². The van der Waals surface area contributed by atoms with Crippen LogP contribution in [-0.2, 0) is 19.1 Å². The monoisotopic (exact) mass is 262 g/mol. The molecule has 0 heterocycles. The second-order valence-electron chi connectivity index (χ2n) is 3.63. The first-order chi connectivity index (χ1) is 8.63. The highest BCUT2D eigenvalue weighted by molar-refractivity contribution is 5.70. The summed E-state index contributed by atoms with van der Waals surface area (Å²) in [7, 11) is 1.33. The zero-order valence-corrected chi connectivity index (χ0v) is 11.0. The standard InChI is InChI=1S/C11H22N2O5/c1-3-18-11(15)5-8-13(9-6-12-16)7-4-10(14)17-2/h12,16H,3-9H2,1-2H3. The summed E-state index contributed by atoms with van der Waals surface area (Å²) in [5, 5.41) is 8.54. The zero-order chi connectivity index (χ0) is 13.8. The van der Waals surface area contributed by atoms with E-state index in [1.54, 1.807) is 6.92 Å². The second kappa shape index (κ2) is 10.9. The molecule has 7 nitrogen and oxygen atoms in total. The summed E-state index contributed by atoms with van der Waals surface area (Å²) in [5.74, 6) is -0.564. The summed E-state index contributed by atoms with van der Waals surface area (Å²) in [6, 6.07) is 0. The van der Waals surface area contributed by atoms with Gasteiger partial charge in [-0.3, -0.25) is 9.59 Å². The van der Waals surface area contributed by atoms with Crippen LogP contribution in [0.2, 0.25) is 0 Å². The van der Waals surface area contributed by atoms with Crippen LogP contribution in [0, 0.1) is 0 Å². The highest BCUT2D eigenvalue weighted by atomic mass is 16.5. The lowest BCUT2D eigenvalue weighted by molar-refractivity contribution is -0.143. The van der Waals surface area contributed by atoms with Crippen molar-refractivity contribution >= 4 is 11.9 Å². The molecule has 7 heteroatoms. The molecule has 0 saturated heterocycles. The molecular formula is C11H22N2O5. The van der Waals surface area contributed by atoms with Gasteiger partial charge < -0.3 is 19.6 Å². The van der Waals surface area contributed by atoms with Gasteiger partial charge in [-0.1, -0.05) is 0 Å². The van der Waals surface area contributed by atoms with Gasteiger partial charge >= 0.3 is 11.9 Å². The minimum Gasteiger partial charge on any atom is -0.469 e. The van der Waals surface area contributed by atoms with Gasteiger partial charge in [-0.2, -0.15) is 0 Å². The van der Waals surface area contributed by atoms with Crippen LogP contribution >= 0.6 is 0 Å². The zero-order valence-electron chi connectivity index (χ0n) is 11.0. The second-order valence-corrected chi connectivity index (χ2v) is 3.63. The first-order valence-corrected chi connectivity index (χ1v) is 5.95. The SMILES string of the molecule is CCOC(=O)CCN(CCNO)CCC(=O)OC. The smallest absolute Gasteiger partial charge is 0.307 e. The number of nitrogens with zero attached hydrogens (tertiary/aromatic N) is 1. The quantitative estimate of drug-likeness (QED) is 0.416. The van der Waals surface area contributed by atoms with Crippen LogP contribution < -0.4 is 5.48 Å². The van der Waals surface area contributed by atoms with Crippen molar-refractivity contribution in [2.75, 3.05) is 39.9 Å². The average Bonchev–Trinajstić information content (AvgIpc) is 2.37. The molecule has 0 aliphatic rings. The summed E-state index contributed by atoms with van der Waals surface area (Å²) in [5.41, 5.74) is 2.04. The van der Waals surface area contributed by atoms with Gasteiger partial charge in [0.1, 0.15) is 0 Å². The summed E-state index contributed by atoms with van der Waals surface area (Å²) in [4.78, 5) is 24.1. The molecule has 106 valence electrons. The topological polar surface area (TPSA) is 88.1 Å². The maximum Gasteiger partial charge on any atom is 0.307 e. The molecule has 0 aromatic carbocycles. The summed E-state index contributed by atoms with van der Waals surface area (Å²) in [6.45, 7) is 3.98. The van der Waals surface area contributed by atoms with Gasteiger partial charge in [0.05, 0.1) is 26.6 Å². The van der Waals surface area contributed by atoms with Crippen molar-refractivity contribution in [2.45, 2.75) is 19.8 Å². The average molecular weight is 262 g/mol. The highest BCUT2D eigenvalue weighted by Gasteiger charge is 2.11. The number of carbonyl (C=O) groups excluding carboxylic acids is 2. The van der Waals surface area contributed by atoms with Crippen LogP contribution in [0.1, 0.15) is 19.8 Å². The molecule has 0 aromatic heterocycles. The van der Waals surface area contributed by atoms with Crippen molar-refractivity contribution in [2.24, 2.45) is 0 Å². The van der Waals surface area contributed by atoms with E-state index >= 15 is 0 Å². The van der Waals surface area contributed by atoms with E-state index in [0.29, 0.717) is 32.8 Å². The third-order valence-electron chi connectivity index (χ3n) is 2.34. The normalized spacial score (nSPS) is 10.4. The molecule has 0 aromatic rings. The van der Waals surface area contributed by atoms with Gasteiger partial charge in [0.25, 0.3) is 0 Å². The van der Waals surface area contributed by atoms with E-state index in [1.807, 2.05) is 10.4 Å². The van der Waals surface area contributed by atoms with Crippen molar-refractivity contribution in [1.29, 1.82) is 0 Å². The summed E-state index contributed by atoms with van der Waals surface area (Å²) < 4.78 is 9.37. The van der Waals surface area contributed by atoms with Gasteiger partial charge in [0.15, 0.2) is 0 Å². The highest BCUT2D eigenvalue weighted by Crippen LogP contribution is 1.97. The lowest BCUT2D eigenvalue weighted by Crippen LogP contribution is -2.34. The van der Waals surface area contributed by atoms with Crippen LogP contribution in [-0.4, -0.2) is 61.9 Å². The minimum atomic E-state index is -0.298. The Hall–Kier alpha value is -1.18. The van der Waals surface area contributed by atoms with Crippen LogP contribution in [0.5, 0.6) is 0 Å². The summed E-state index contributed by atoms with van der Waals surface area (Å²) >= 11 is 0. The number of carbonyl (C=O) groups is 2. The Kier molecular flexibility index (Phi) is 10.2. The maximum absolute atomic E-state index is 11.2. The van der Waals surface area contributed by atoms with Crippen LogP contribution in [0.4, 0.5) is 0 Å². The van der Waals surface area contributed by atoms with Crippen molar-refractivity contribution in [3.63, 3.8) is 0 Å². The molecule has 0 aliphatic heterocycles. The molecule has 18 heavy (non-hydrogen) atoms. The fourth-order valence-electron chi connectivity index (χ4n) is 1.38. The molecule has 0 aliphatic carbocycles. The van der Waals surface area contributed by atoms with Crippen LogP contribution in [0.25, 0.3) is 0 Å². The number of hydrogen-bond donors (Lipinski definition) is 2. The van der Waals surface area contributed by atoms with E-state index in [4.69, 9.17) is 9.94 Å². The Morgan fingerprint density at radius 1 is 1.17 bits per heavy atom. The van der Waals surface area contributed by atoms with Gasteiger partial charge in [0, 0.05) is 26.2 Å². The Balaban J connectivity index is 3.97. The number of hydroxylamine groups is 1. The Morgan fingerprint density at radius 3 is 2.28 bits per heavy atom. The minimum absolute atomic E-state index is 0.255. The molecule has 0 amide bonds. The van der Waals surface area contributed by atoms with Crippen LogP contribution in [0.15, 0.2) is 0 Å². The van der Waals surface area contributed by atoms with Gasteiger partial charge in [-0.05, 0) is 6.92 Å². The third kappa shape index (κ3) is 8.91. The number of esters is 2. The molecule has 0 radical (unpaired) electrons. The lowest BCUT2D eigenvalue weighted by Gasteiger charge is -2.20. The Bertz CT molecular complexity index is 248. The molecule has 0 spiro atoms. The Labute approximate surface area is 107 Å². The first kappa shape index (κ1) is 16.8. The number of hydrogen-bond acceptors (Lipinski definition) is 7. The van der Waals surface area contributed by atoms with Crippen molar-refractivity contribution in [3.05, 3.63) is 0 Å². The van der Waals surface area contributed by atoms with Gasteiger partial charge in [0.2, 0.25) is 0 Å². The predicted octanol–water partition coefficient (Wildman–Crippen LogP) is -0.216. The molecule has 2 N–H and O–H groups in total. The van der Waals surface area contributed by atoms with E-state index in [-0.39, 0.29) is 24.8 Å². The van der Waals surface area contributed by atoms with E-state index in [0.717, 1.165) is 0 Å².